The lowest BCUT2D eigenvalue weighted by molar-refractivity contribution is 0.628. The second kappa shape index (κ2) is 6.97. The van der Waals surface area contributed by atoms with Gasteiger partial charge in [-0.1, -0.05) is 27.5 Å². The molecule has 0 fully saturated rings. The van der Waals surface area contributed by atoms with Crippen LogP contribution in [0.2, 0.25) is 5.02 Å². The minimum atomic E-state index is -0.468. The van der Waals surface area contributed by atoms with Crippen LogP contribution in [0, 0.1) is 5.82 Å². The summed E-state index contributed by atoms with van der Waals surface area (Å²) in [6, 6.07) is 13.9. The fourth-order valence-electron chi connectivity index (χ4n) is 2.53. The highest BCUT2D eigenvalue weighted by Gasteiger charge is 2.11. The van der Waals surface area contributed by atoms with Gasteiger partial charge in [-0.05, 0) is 48.5 Å². The first-order valence-corrected chi connectivity index (χ1v) is 8.87. The molecule has 0 atom stereocenters. The standard InChI is InChI=1S/C19H11BrClFN4/c20-12-3-5-14-17(8-12)25-18(11-2-1-7-23-10-11)26-19(14)24-13-4-6-16(22)15(21)9-13/h1-10H,(H,24,25,26). The molecule has 0 unspecified atom stereocenters. The summed E-state index contributed by atoms with van der Waals surface area (Å²) in [5.41, 5.74) is 2.20. The maximum absolute atomic E-state index is 13.4. The third-order valence-corrected chi connectivity index (χ3v) is 4.54. The van der Waals surface area contributed by atoms with Gasteiger partial charge in [0.15, 0.2) is 5.82 Å². The van der Waals surface area contributed by atoms with Gasteiger partial charge in [-0.15, -0.1) is 0 Å². The Labute approximate surface area is 162 Å². The second-order valence-corrected chi connectivity index (χ2v) is 6.88. The van der Waals surface area contributed by atoms with Crippen LogP contribution in [0.5, 0.6) is 0 Å². The number of halogens is 3. The van der Waals surface area contributed by atoms with Crippen LogP contribution in [0.15, 0.2) is 65.4 Å². The zero-order valence-corrected chi connectivity index (χ0v) is 15.6. The molecule has 2 aromatic heterocycles. The fourth-order valence-corrected chi connectivity index (χ4v) is 3.06. The topological polar surface area (TPSA) is 50.7 Å². The van der Waals surface area contributed by atoms with E-state index in [2.05, 4.69) is 36.2 Å². The first-order chi connectivity index (χ1) is 12.6. The number of benzene rings is 2. The summed E-state index contributed by atoms with van der Waals surface area (Å²) in [6.07, 6.45) is 3.40. The van der Waals surface area contributed by atoms with Gasteiger partial charge in [0.25, 0.3) is 0 Å². The number of nitrogens with one attached hydrogen (secondary N) is 1. The van der Waals surface area contributed by atoms with Gasteiger partial charge in [0, 0.05) is 33.5 Å². The van der Waals surface area contributed by atoms with E-state index in [-0.39, 0.29) is 5.02 Å². The van der Waals surface area contributed by atoms with E-state index in [1.165, 1.54) is 12.1 Å². The molecule has 0 saturated carbocycles. The smallest absolute Gasteiger partial charge is 0.163 e. The highest BCUT2D eigenvalue weighted by molar-refractivity contribution is 9.10. The van der Waals surface area contributed by atoms with Crippen LogP contribution in [-0.2, 0) is 0 Å². The lowest BCUT2D eigenvalue weighted by Gasteiger charge is -2.12. The molecule has 1 N–H and O–H groups in total. The molecule has 0 radical (unpaired) electrons. The largest absolute Gasteiger partial charge is 0.340 e. The first kappa shape index (κ1) is 16.9. The summed E-state index contributed by atoms with van der Waals surface area (Å²) < 4.78 is 14.3. The van der Waals surface area contributed by atoms with Gasteiger partial charge in [0.2, 0.25) is 0 Å². The monoisotopic (exact) mass is 428 g/mol. The molecule has 0 saturated heterocycles. The van der Waals surface area contributed by atoms with Crippen molar-refractivity contribution in [3.05, 3.63) is 76.2 Å². The molecule has 0 aliphatic rings. The van der Waals surface area contributed by atoms with Gasteiger partial charge in [0.1, 0.15) is 11.6 Å². The predicted molar refractivity (Wildman–Crippen MR) is 105 cm³/mol. The SMILES string of the molecule is Fc1ccc(Nc2nc(-c3cccnc3)nc3cc(Br)ccc23)cc1Cl. The summed E-state index contributed by atoms with van der Waals surface area (Å²) in [7, 11) is 0. The van der Waals surface area contributed by atoms with E-state index in [4.69, 9.17) is 11.6 Å². The number of fused-ring (bicyclic) bond motifs is 1. The van der Waals surface area contributed by atoms with Crippen molar-refractivity contribution in [1.29, 1.82) is 0 Å². The zero-order valence-electron chi connectivity index (χ0n) is 13.2. The van der Waals surface area contributed by atoms with E-state index in [1.54, 1.807) is 18.5 Å². The molecule has 2 aromatic carbocycles. The Balaban J connectivity index is 1.87. The lowest BCUT2D eigenvalue weighted by atomic mass is 10.2. The zero-order chi connectivity index (χ0) is 18.1. The van der Waals surface area contributed by atoms with E-state index < -0.39 is 5.82 Å². The number of hydrogen-bond donors (Lipinski definition) is 1. The van der Waals surface area contributed by atoms with E-state index in [0.29, 0.717) is 17.3 Å². The summed E-state index contributed by atoms with van der Waals surface area (Å²) in [6.45, 7) is 0. The Morgan fingerprint density at radius 1 is 1.04 bits per heavy atom. The molecule has 128 valence electrons. The van der Waals surface area contributed by atoms with E-state index >= 15 is 0 Å². The number of nitrogens with zero attached hydrogens (tertiary/aromatic N) is 3. The Hall–Kier alpha value is -2.57. The Morgan fingerprint density at radius 3 is 2.69 bits per heavy atom. The molecule has 0 spiro atoms. The minimum Gasteiger partial charge on any atom is -0.340 e. The van der Waals surface area contributed by atoms with Gasteiger partial charge in [0.05, 0.1) is 10.5 Å². The van der Waals surface area contributed by atoms with E-state index in [0.717, 1.165) is 20.9 Å². The quantitative estimate of drug-likeness (QED) is 0.434. The van der Waals surface area contributed by atoms with E-state index in [1.807, 2.05) is 30.3 Å². The molecular formula is C19H11BrClFN4. The van der Waals surface area contributed by atoms with Gasteiger partial charge in [-0.25, -0.2) is 14.4 Å². The van der Waals surface area contributed by atoms with Crippen molar-refractivity contribution < 1.29 is 4.39 Å². The van der Waals surface area contributed by atoms with E-state index in [9.17, 15) is 4.39 Å². The van der Waals surface area contributed by atoms with Crippen LogP contribution >= 0.6 is 27.5 Å². The average molecular weight is 430 g/mol. The minimum absolute atomic E-state index is 0.0450. The normalized spacial score (nSPS) is 10.9. The number of rotatable bonds is 3. The van der Waals surface area contributed by atoms with Crippen molar-refractivity contribution in [2.45, 2.75) is 0 Å². The maximum atomic E-state index is 13.4. The number of hydrogen-bond acceptors (Lipinski definition) is 4. The fraction of sp³-hybridized carbons (Fsp3) is 0. The van der Waals surface area contributed by atoms with Crippen LogP contribution in [0.4, 0.5) is 15.9 Å². The third-order valence-electron chi connectivity index (χ3n) is 3.76. The summed E-state index contributed by atoms with van der Waals surface area (Å²) >= 11 is 9.35. The molecule has 0 amide bonds. The highest BCUT2D eigenvalue weighted by Crippen LogP contribution is 2.30. The summed E-state index contributed by atoms with van der Waals surface area (Å²) in [5, 5.41) is 4.09. The van der Waals surface area contributed by atoms with Gasteiger partial charge in [-0.3, -0.25) is 4.98 Å². The molecule has 0 aliphatic carbocycles. The Bertz CT molecular complexity index is 1110. The van der Waals surface area contributed by atoms with Crippen LogP contribution in [-0.4, -0.2) is 15.0 Å². The molecule has 4 nitrogen and oxygen atoms in total. The van der Waals surface area contributed by atoms with Crippen molar-refractivity contribution in [2.75, 3.05) is 5.32 Å². The molecule has 26 heavy (non-hydrogen) atoms. The first-order valence-electron chi connectivity index (χ1n) is 7.70. The lowest BCUT2D eigenvalue weighted by Crippen LogP contribution is -2.00. The van der Waals surface area contributed by atoms with Crippen LogP contribution in [0.3, 0.4) is 0 Å². The molecule has 2 heterocycles. The molecule has 7 heteroatoms. The highest BCUT2D eigenvalue weighted by atomic mass is 79.9. The maximum Gasteiger partial charge on any atom is 0.163 e. The van der Waals surface area contributed by atoms with Gasteiger partial charge < -0.3 is 5.32 Å². The average Bonchev–Trinajstić information content (AvgIpc) is 2.65. The molecule has 4 aromatic rings. The van der Waals surface area contributed by atoms with Crippen molar-refractivity contribution in [2.24, 2.45) is 0 Å². The number of aromatic nitrogens is 3. The summed E-state index contributed by atoms with van der Waals surface area (Å²) in [4.78, 5) is 13.4. The van der Waals surface area contributed by atoms with Crippen LogP contribution in [0.25, 0.3) is 22.3 Å². The number of pyridine rings is 1. The molecule has 0 bridgehead atoms. The van der Waals surface area contributed by atoms with Crippen LogP contribution in [0.1, 0.15) is 0 Å². The molecule has 0 aliphatic heterocycles. The predicted octanol–water partition coefficient (Wildman–Crippen LogP) is 5.99. The Kier molecular flexibility index (Phi) is 4.53. The van der Waals surface area contributed by atoms with Crippen molar-refractivity contribution >= 4 is 49.9 Å². The van der Waals surface area contributed by atoms with Gasteiger partial charge >= 0.3 is 0 Å². The molecular weight excluding hydrogens is 419 g/mol. The summed E-state index contributed by atoms with van der Waals surface area (Å²) in [5.74, 6) is 0.674. The third kappa shape index (κ3) is 3.38. The molecule has 4 rings (SSSR count). The van der Waals surface area contributed by atoms with Crippen molar-refractivity contribution in [3.8, 4) is 11.4 Å². The second-order valence-electron chi connectivity index (χ2n) is 5.55. The Morgan fingerprint density at radius 2 is 1.92 bits per heavy atom. The van der Waals surface area contributed by atoms with Crippen molar-refractivity contribution in [3.63, 3.8) is 0 Å². The van der Waals surface area contributed by atoms with Crippen LogP contribution < -0.4 is 5.32 Å². The number of anilines is 2. The van der Waals surface area contributed by atoms with Gasteiger partial charge in [-0.2, -0.15) is 0 Å². The van der Waals surface area contributed by atoms with Crippen molar-refractivity contribution in [1.82, 2.24) is 15.0 Å².